The highest BCUT2D eigenvalue weighted by atomic mass is 19.1. The van der Waals surface area contributed by atoms with Crippen molar-refractivity contribution >= 4 is 11.8 Å². The van der Waals surface area contributed by atoms with Crippen LogP contribution < -0.4 is 10.7 Å². The zero-order valence-electron chi connectivity index (χ0n) is 16.2. The molecule has 0 aliphatic carbocycles. The number of carbonyl (C=O) groups is 2. The number of halogens is 2. The Balaban J connectivity index is 1.65. The van der Waals surface area contributed by atoms with E-state index in [-0.39, 0.29) is 29.4 Å². The molecule has 158 valence electrons. The van der Waals surface area contributed by atoms with E-state index in [4.69, 9.17) is 0 Å². The Morgan fingerprint density at radius 1 is 1.20 bits per heavy atom. The minimum Gasteiger partial charge on any atom is -0.503 e. The fraction of sp³-hybridized carbons (Fsp3) is 0.381. The van der Waals surface area contributed by atoms with Gasteiger partial charge in [-0.05, 0) is 18.9 Å². The molecule has 0 saturated carbocycles. The number of fused-ring (bicyclic) bond motifs is 4. The van der Waals surface area contributed by atoms with Crippen molar-refractivity contribution in [3.8, 4) is 5.75 Å². The molecule has 0 radical (unpaired) electrons. The van der Waals surface area contributed by atoms with Crippen molar-refractivity contribution in [3.05, 3.63) is 63.1 Å². The molecule has 2 aliphatic rings. The third-order valence-electron chi connectivity index (χ3n) is 5.69. The van der Waals surface area contributed by atoms with Crippen molar-refractivity contribution in [1.82, 2.24) is 14.8 Å². The van der Waals surface area contributed by atoms with Gasteiger partial charge in [0.15, 0.2) is 11.4 Å². The summed E-state index contributed by atoms with van der Waals surface area (Å²) in [7, 11) is 0. The van der Waals surface area contributed by atoms with Crippen LogP contribution in [0.2, 0.25) is 0 Å². The predicted molar refractivity (Wildman–Crippen MR) is 103 cm³/mol. The summed E-state index contributed by atoms with van der Waals surface area (Å²) < 4.78 is 28.3. The van der Waals surface area contributed by atoms with E-state index in [1.807, 2.05) is 0 Å². The van der Waals surface area contributed by atoms with Crippen molar-refractivity contribution < 1.29 is 23.5 Å². The summed E-state index contributed by atoms with van der Waals surface area (Å²) in [5, 5.41) is 12.9. The lowest BCUT2D eigenvalue weighted by Crippen LogP contribution is -2.46. The topological polar surface area (TPSA) is 91.6 Å². The van der Waals surface area contributed by atoms with Gasteiger partial charge in [-0.1, -0.05) is 18.9 Å². The van der Waals surface area contributed by atoms with Crippen LogP contribution in [-0.4, -0.2) is 39.5 Å². The zero-order valence-corrected chi connectivity index (χ0v) is 16.2. The van der Waals surface area contributed by atoms with Crippen LogP contribution >= 0.6 is 0 Å². The Morgan fingerprint density at radius 2 is 2.00 bits per heavy atom. The molecule has 2 aliphatic heterocycles. The van der Waals surface area contributed by atoms with Gasteiger partial charge in [0.05, 0.1) is 6.04 Å². The number of benzene rings is 1. The fourth-order valence-electron chi connectivity index (χ4n) is 4.07. The van der Waals surface area contributed by atoms with E-state index in [0.717, 1.165) is 31.7 Å². The molecule has 30 heavy (non-hydrogen) atoms. The molecule has 1 aromatic heterocycles. The summed E-state index contributed by atoms with van der Waals surface area (Å²) in [6.07, 6.45) is 4.82. The molecule has 1 saturated heterocycles. The molecule has 9 heteroatoms. The normalized spacial score (nSPS) is 18.4. The minimum atomic E-state index is -0.954. The molecule has 2 bridgehead atoms. The van der Waals surface area contributed by atoms with Gasteiger partial charge in [-0.3, -0.25) is 14.4 Å². The Hall–Kier alpha value is -3.23. The van der Waals surface area contributed by atoms with Crippen molar-refractivity contribution in [1.29, 1.82) is 0 Å². The van der Waals surface area contributed by atoms with Gasteiger partial charge in [-0.2, -0.15) is 0 Å². The van der Waals surface area contributed by atoms with E-state index in [2.05, 4.69) is 5.32 Å². The van der Waals surface area contributed by atoms with E-state index in [9.17, 15) is 28.3 Å². The van der Waals surface area contributed by atoms with Gasteiger partial charge in [-0.25, -0.2) is 8.78 Å². The zero-order chi connectivity index (χ0) is 21.4. The maximum absolute atomic E-state index is 13.8. The van der Waals surface area contributed by atoms with E-state index in [1.165, 1.54) is 16.8 Å². The number of carbonyl (C=O) groups excluding carboxylic acids is 2. The summed E-state index contributed by atoms with van der Waals surface area (Å²) in [5.74, 6) is -3.55. The number of hydrogen-bond donors (Lipinski definition) is 2. The highest BCUT2D eigenvalue weighted by molar-refractivity contribution is 5.99. The second-order valence-electron chi connectivity index (χ2n) is 7.65. The molecule has 0 unspecified atom stereocenters. The number of amides is 2. The van der Waals surface area contributed by atoms with Crippen molar-refractivity contribution in [3.63, 3.8) is 0 Å². The number of pyridine rings is 1. The van der Waals surface area contributed by atoms with Crippen LogP contribution in [0.3, 0.4) is 0 Å². The molecule has 2 aromatic rings. The summed E-state index contributed by atoms with van der Waals surface area (Å²) in [6, 6.07) is 2.82. The first kappa shape index (κ1) is 20.1. The molecule has 2 N–H and O–H groups in total. The van der Waals surface area contributed by atoms with Crippen molar-refractivity contribution in [2.24, 2.45) is 0 Å². The van der Waals surface area contributed by atoms with Crippen LogP contribution in [0, 0.1) is 11.6 Å². The molecular weight excluding hydrogens is 396 g/mol. The second kappa shape index (κ2) is 7.89. The summed E-state index contributed by atoms with van der Waals surface area (Å²) in [5.41, 5.74) is -1.33. The lowest BCUT2D eigenvalue weighted by Gasteiger charge is -2.38. The second-order valence-corrected chi connectivity index (χ2v) is 7.65. The lowest BCUT2D eigenvalue weighted by atomic mass is 9.99. The highest BCUT2D eigenvalue weighted by Gasteiger charge is 2.35. The molecular formula is C21H21F2N3O4. The maximum atomic E-state index is 13.8. The van der Waals surface area contributed by atoms with Crippen LogP contribution in [-0.2, 0) is 6.54 Å². The van der Waals surface area contributed by atoms with Gasteiger partial charge < -0.3 is 19.9 Å². The number of aromatic nitrogens is 1. The van der Waals surface area contributed by atoms with Gasteiger partial charge in [0.2, 0.25) is 5.43 Å². The van der Waals surface area contributed by atoms with Crippen molar-refractivity contribution in [2.45, 2.75) is 38.3 Å². The van der Waals surface area contributed by atoms with Crippen LogP contribution in [0.5, 0.6) is 5.75 Å². The Morgan fingerprint density at radius 3 is 2.77 bits per heavy atom. The lowest BCUT2D eigenvalue weighted by molar-refractivity contribution is 0.0631. The maximum Gasteiger partial charge on any atom is 0.274 e. The molecule has 3 heterocycles. The smallest absolute Gasteiger partial charge is 0.274 e. The average Bonchev–Trinajstić information content (AvgIpc) is 2.68. The Bertz CT molecular complexity index is 1080. The summed E-state index contributed by atoms with van der Waals surface area (Å²) in [6.45, 7) is 0.757. The van der Waals surface area contributed by atoms with E-state index < -0.39 is 34.6 Å². The third-order valence-corrected chi connectivity index (χ3v) is 5.69. The quantitative estimate of drug-likeness (QED) is 0.802. The van der Waals surface area contributed by atoms with Crippen molar-refractivity contribution in [2.75, 3.05) is 13.1 Å². The van der Waals surface area contributed by atoms with Crippen LogP contribution in [0.4, 0.5) is 8.78 Å². The molecule has 4 rings (SSSR count). The molecule has 1 atom stereocenters. The monoisotopic (exact) mass is 417 g/mol. The van der Waals surface area contributed by atoms with E-state index >= 15 is 0 Å². The number of aromatic hydroxyl groups is 1. The molecule has 0 spiro atoms. The van der Waals surface area contributed by atoms with Gasteiger partial charge in [-0.15, -0.1) is 0 Å². The van der Waals surface area contributed by atoms with Gasteiger partial charge in [0.1, 0.15) is 17.2 Å². The van der Waals surface area contributed by atoms with E-state index in [1.54, 1.807) is 4.90 Å². The fourth-order valence-corrected chi connectivity index (χ4v) is 4.07. The van der Waals surface area contributed by atoms with E-state index in [0.29, 0.717) is 19.2 Å². The molecule has 1 fully saturated rings. The van der Waals surface area contributed by atoms with Gasteiger partial charge in [0, 0.05) is 37.5 Å². The van der Waals surface area contributed by atoms with Crippen LogP contribution in [0.15, 0.2) is 29.2 Å². The largest absolute Gasteiger partial charge is 0.503 e. The standard InChI is InChI=1S/C21H21F2N3O4/c22-13-6-5-12(16(23)8-13)9-24-20(29)15-11-26-14-4-2-1-3-7-25(10-14)21(30)17(26)19(28)18(15)27/h5-6,8,11,14,28H,1-4,7,9-10H2,(H,24,29)/t14-/m0/s1. The molecule has 7 nitrogen and oxygen atoms in total. The van der Waals surface area contributed by atoms with Gasteiger partial charge in [0.25, 0.3) is 11.8 Å². The third kappa shape index (κ3) is 3.55. The average molecular weight is 417 g/mol. The predicted octanol–water partition coefficient (Wildman–Crippen LogP) is 2.33. The Labute approximate surface area is 170 Å². The Kier molecular flexibility index (Phi) is 5.27. The number of hydrogen-bond acceptors (Lipinski definition) is 4. The number of nitrogens with zero attached hydrogens (tertiary/aromatic N) is 2. The SMILES string of the molecule is O=C(NCc1ccc(F)cc1F)c1cn2c(c(O)c1=O)C(=O)N1CCCCC[C@H]2C1. The number of nitrogens with one attached hydrogen (secondary N) is 1. The van der Waals surface area contributed by atoms with Crippen LogP contribution in [0.25, 0.3) is 0 Å². The number of rotatable bonds is 3. The first-order valence-corrected chi connectivity index (χ1v) is 9.86. The highest BCUT2D eigenvalue weighted by Crippen LogP contribution is 2.31. The summed E-state index contributed by atoms with van der Waals surface area (Å²) in [4.78, 5) is 39.6. The first-order chi connectivity index (χ1) is 14.4. The first-order valence-electron chi connectivity index (χ1n) is 9.86. The molecule has 1 aromatic carbocycles. The summed E-state index contributed by atoms with van der Waals surface area (Å²) >= 11 is 0. The van der Waals surface area contributed by atoms with Gasteiger partial charge >= 0.3 is 0 Å². The van der Waals surface area contributed by atoms with Crippen LogP contribution in [0.1, 0.15) is 58.1 Å². The minimum absolute atomic E-state index is 0.0536. The molecule has 2 amide bonds.